The summed E-state index contributed by atoms with van der Waals surface area (Å²) in [4.78, 5) is 16.1. The largest absolute Gasteiger partial charge is 0.357 e. The number of carbonyl (C=O) groups excluding carboxylic acids is 1. The van der Waals surface area contributed by atoms with Crippen LogP contribution in [-0.4, -0.2) is 37.0 Å². The topological polar surface area (TPSA) is 65.5 Å². The zero-order valence-corrected chi connectivity index (χ0v) is 17.1. The standard InChI is InChI=1S/C17H27FN4O.HI/c1-5-19-16(21-12-15(23)22-17(2,3)4)20-11-10-13-6-8-14(18)9-7-13;/h6-9H,5,10-12H2,1-4H3,(H,22,23)(H2,19,20,21);1H. The third-order valence-electron chi connectivity index (χ3n) is 2.86. The van der Waals surface area contributed by atoms with E-state index in [2.05, 4.69) is 20.9 Å². The summed E-state index contributed by atoms with van der Waals surface area (Å²) in [5.74, 6) is 0.244. The van der Waals surface area contributed by atoms with Crippen LogP contribution >= 0.6 is 24.0 Å². The van der Waals surface area contributed by atoms with Crippen molar-refractivity contribution in [2.24, 2.45) is 4.99 Å². The van der Waals surface area contributed by atoms with Gasteiger partial charge in [0.25, 0.3) is 0 Å². The molecule has 0 unspecified atom stereocenters. The molecule has 0 bridgehead atoms. The van der Waals surface area contributed by atoms with Crippen molar-refractivity contribution in [1.82, 2.24) is 16.0 Å². The first kappa shape index (κ1) is 22.6. The zero-order chi connectivity index (χ0) is 17.3. The lowest BCUT2D eigenvalue weighted by Gasteiger charge is -2.20. The lowest BCUT2D eigenvalue weighted by atomic mass is 10.1. The number of nitrogens with one attached hydrogen (secondary N) is 3. The summed E-state index contributed by atoms with van der Waals surface area (Å²) in [6.07, 6.45) is 0.749. The number of halogens is 2. The number of rotatable bonds is 6. The van der Waals surface area contributed by atoms with Gasteiger partial charge in [-0.2, -0.15) is 0 Å². The van der Waals surface area contributed by atoms with Crippen molar-refractivity contribution in [3.05, 3.63) is 35.6 Å². The van der Waals surface area contributed by atoms with Crippen molar-refractivity contribution < 1.29 is 9.18 Å². The van der Waals surface area contributed by atoms with Crippen LogP contribution < -0.4 is 16.0 Å². The second-order valence-electron chi connectivity index (χ2n) is 6.30. The minimum atomic E-state index is -0.263. The van der Waals surface area contributed by atoms with E-state index in [0.29, 0.717) is 19.0 Å². The van der Waals surface area contributed by atoms with Crippen LogP contribution in [0.15, 0.2) is 29.3 Å². The molecule has 1 aromatic carbocycles. The highest BCUT2D eigenvalue weighted by atomic mass is 127. The van der Waals surface area contributed by atoms with Gasteiger partial charge in [0.05, 0.1) is 0 Å². The first-order valence-corrected chi connectivity index (χ1v) is 7.88. The highest BCUT2D eigenvalue weighted by Crippen LogP contribution is 2.02. The Balaban J connectivity index is 0.00000529. The molecule has 1 rings (SSSR count). The van der Waals surface area contributed by atoms with Gasteiger partial charge in [-0.25, -0.2) is 9.38 Å². The lowest BCUT2D eigenvalue weighted by molar-refractivity contribution is -0.121. The highest BCUT2D eigenvalue weighted by Gasteiger charge is 2.13. The fourth-order valence-corrected chi connectivity index (χ4v) is 1.93. The van der Waals surface area contributed by atoms with Gasteiger partial charge >= 0.3 is 0 Å². The predicted octanol–water partition coefficient (Wildman–Crippen LogP) is 2.46. The molecule has 0 aromatic heterocycles. The normalized spacial score (nSPS) is 11.5. The Bertz CT molecular complexity index is 526. The number of hydrogen-bond acceptors (Lipinski definition) is 2. The van der Waals surface area contributed by atoms with Crippen molar-refractivity contribution in [3.8, 4) is 0 Å². The molecule has 0 saturated carbocycles. The van der Waals surface area contributed by atoms with Crippen LogP contribution in [0.4, 0.5) is 4.39 Å². The Kier molecular flexibility index (Phi) is 10.6. The average molecular weight is 450 g/mol. The molecule has 7 heteroatoms. The monoisotopic (exact) mass is 450 g/mol. The number of amides is 1. The number of nitrogens with zero attached hydrogens (tertiary/aromatic N) is 1. The van der Waals surface area contributed by atoms with Gasteiger partial charge in [-0.1, -0.05) is 12.1 Å². The molecule has 3 N–H and O–H groups in total. The molecule has 24 heavy (non-hydrogen) atoms. The van der Waals surface area contributed by atoms with E-state index in [1.807, 2.05) is 27.7 Å². The van der Waals surface area contributed by atoms with Crippen molar-refractivity contribution >= 4 is 35.8 Å². The van der Waals surface area contributed by atoms with Gasteiger partial charge in [-0.05, 0) is 51.8 Å². The Morgan fingerprint density at radius 2 is 1.79 bits per heavy atom. The molecule has 0 fully saturated rings. The summed E-state index contributed by atoms with van der Waals surface area (Å²) in [5.41, 5.74) is 0.779. The van der Waals surface area contributed by atoms with E-state index in [1.165, 1.54) is 12.1 Å². The van der Waals surface area contributed by atoms with Crippen LogP contribution in [0.1, 0.15) is 33.3 Å². The number of hydrogen-bond donors (Lipinski definition) is 3. The minimum Gasteiger partial charge on any atom is -0.357 e. The maximum atomic E-state index is 12.8. The van der Waals surface area contributed by atoms with Crippen LogP contribution in [0, 0.1) is 5.82 Å². The predicted molar refractivity (Wildman–Crippen MR) is 107 cm³/mol. The molecule has 0 radical (unpaired) electrons. The van der Waals surface area contributed by atoms with E-state index < -0.39 is 0 Å². The van der Waals surface area contributed by atoms with Gasteiger partial charge in [0.2, 0.25) is 5.91 Å². The minimum absolute atomic E-state index is 0. The van der Waals surface area contributed by atoms with Crippen LogP contribution in [0.2, 0.25) is 0 Å². The summed E-state index contributed by atoms with van der Waals surface area (Å²) < 4.78 is 12.8. The van der Waals surface area contributed by atoms with Gasteiger partial charge in [0.15, 0.2) is 5.96 Å². The molecule has 0 atom stereocenters. The second kappa shape index (κ2) is 11.2. The van der Waals surface area contributed by atoms with Gasteiger partial charge in [-0.3, -0.25) is 4.79 Å². The molecular formula is C17H28FIN4O. The van der Waals surface area contributed by atoms with Crippen LogP contribution in [-0.2, 0) is 11.2 Å². The SMILES string of the molecule is CCNC(=NCC(=O)NC(C)(C)C)NCCc1ccc(F)cc1.I. The zero-order valence-electron chi connectivity index (χ0n) is 14.8. The summed E-state index contributed by atoms with van der Waals surface area (Å²) in [6, 6.07) is 6.42. The van der Waals surface area contributed by atoms with Gasteiger partial charge < -0.3 is 16.0 Å². The lowest BCUT2D eigenvalue weighted by Crippen LogP contribution is -2.43. The third-order valence-corrected chi connectivity index (χ3v) is 2.86. The maximum Gasteiger partial charge on any atom is 0.242 e. The molecular weight excluding hydrogens is 422 g/mol. The first-order chi connectivity index (χ1) is 10.8. The first-order valence-electron chi connectivity index (χ1n) is 7.88. The molecule has 0 heterocycles. The summed E-state index contributed by atoms with van der Waals surface area (Å²) in [7, 11) is 0. The second-order valence-corrected chi connectivity index (χ2v) is 6.30. The van der Waals surface area contributed by atoms with Crippen LogP contribution in [0.5, 0.6) is 0 Å². The Labute approximate surface area is 160 Å². The number of aliphatic imine (C=N–C) groups is 1. The molecule has 0 spiro atoms. The Morgan fingerprint density at radius 1 is 1.17 bits per heavy atom. The van der Waals surface area contributed by atoms with Crippen molar-refractivity contribution in [2.45, 2.75) is 39.7 Å². The van der Waals surface area contributed by atoms with E-state index in [-0.39, 0.29) is 47.8 Å². The van der Waals surface area contributed by atoms with E-state index in [9.17, 15) is 9.18 Å². The molecule has 0 aliphatic heterocycles. The summed E-state index contributed by atoms with van der Waals surface area (Å²) >= 11 is 0. The molecule has 0 aliphatic rings. The molecule has 1 aromatic rings. The molecule has 136 valence electrons. The number of benzene rings is 1. The molecule has 5 nitrogen and oxygen atoms in total. The van der Waals surface area contributed by atoms with E-state index in [4.69, 9.17) is 0 Å². The molecule has 0 aliphatic carbocycles. The van der Waals surface area contributed by atoms with Gasteiger partial charge in [0, 0.05) is 18.6 Å². The fourth-order valence-electron chi connectivity index (χ4n) is 1.93. The van der Waals surface area contributed by atoms with Crippen LogP contribution in [0.3, 0.4) is 0 Å². The number of carbonyl (C=O) groups is 1. The van der Waals surface area contributed by atoms with Gasteiger partial charge in [0.1, 0.15) is 12.4 Å². The fraction of sp³-hybridized carbons (Fsp3) is 0.529. The number of guanidine groups is 1. The van der Waals surface area contributed by atoms with E-state index >= 15 is 0 Å². The van der Waals surface area contributed by atoms with E-state index in [1.54, 1.807) is 12.1 Å². The average Bonchev–Trinajstić information content (AvgIpc) is 2.45. The summed E-state index contributed by atoms with van der Waals surface area (Å²) in [6.45, 7) is 9.19. The smallest absolute Gasteiger partial charge is 0.242 e. The Morgan fingerprint density at radius 3 is 2.33 bits per heavy atom. The van der Waals surface area contributed by atoms with Crippen molar-refractivity contribution in [2.75, 3.05) is 19.6 Å². The highest BCUT2D eigenvalue weighted by molar-refractivity contribution is 14.0. The van der Waals surface area contributed by atoms with E-state index in [0.717, 1.165) is 12.0 Å². The third kappa shape index (κ3) is 10.4. The summed E-state index contributed by atoms with van der Waals surface area (Å²) in [5, 5.41) is 9.13. The van der Waals surface area contributed by atoms with Crippen molar-refractivity contribution in [3.63, 3.8) is 0 Å². The quantitative estimate of drug-likeness (QED) is 0.355. The molecule has 0 saturated heterocycles. The van der Waals surface area contributed by atoms with Crippen LogP contribution in [0.25, 0.3) is 0 Å². The molecule has 1 amide bonds. The maximum absolute atomic E-state index is 12.8. The Hall–Kier alpha value is -1.38. The van der Waals surface area contributed by atoms with Gasteiger partial charge in [-0.15, -0.1) is 24.0 Å². The van der Waals surface area contributed by atoms with Crippen molar-refractivity contribution in [1.29, 1.82) is 0 Å².